The predicted molar refractivity (Wildman–Crippen MR) is 78.3 cm³/mol. The van der Waals surface area contributed by atoms with Gasteiger partial charge in [0.1, 0.15) is 0 Å². The Morgan fingerprint density at radius 2 is 1.94 bits per heavy atom. The van der Waals surface area contributed by atoms with Gasteiger partial charge < -0.3 is 10.2 Å². The van der Waals surface area contributed by atoms with Crippen LogP contribution >= 0.6 is 15.9 Å². The Bertz CT molecular complexity index is 326. The van der Waals surface area contributed by atoms with E-state index in [0.717, 1.165) is 6.54 Å². The Morgan fingerprint density at radius 3 is 2.59 bits per heavy atom. The first-order chi connectivity index (χ1) is 8.11. The molecule has 0 bridgehead atoms. The lowest BCUT2D eigenvalue weighted by Gasteiger charge is -2.16. The van der Waals surface area contributed by atoms with Crippen molar-refractivity contribution in [1.82, 2.24) is 10.2 Å². The van der Waals surface area contributed by atoms with Crippen molar-refractivity contribution < 1.29 is 0 Å². The number of nitrogens with one attached hydrogen (secondary N) is 1. The summed E-state index contributed by atoms with van der Waals surface area (Å²) in [5.74, 6) is 0. The number of hydrogen-bond donors (Lipinski definition) is 1. The monoisotopic (exact) mass is 298 g/mol. The fraction of sp³-hybridized carbons (Fsp3) is 0.571. The van der Waals surface area contributed by atoms with Crippen molar-refractivity contribution in [2.75, 3.05) is 27.2 Å². The molecule has 0 amide bonds. The average molecular weight is 299 g/mol. The molecule has 0 aliphatic rings. The Morgan fingerprint density at radius 1 is 1.24 bits per heavy atom. The molecule has 0 saturated carbocycles. The van der Waals surface area contributed by atoms with E-state index in [1.54, 1.807) is 0 Å². The van der Waals surface area contributed by atoms with Gasteiger partial charge in [0.25, 0.3) is 0 Å². The second-order valence-corrected chi connectivity index (χ2v) is 5.56. The van der Waals surface area contributed by atoms with Crippen LogP contribution in [0, 0.1) is 0 Å². The maximum Gasteiger partial charge on any atom is 0.0302 e. The van der Waals surface area contributed by atoms with E-state index in [1.807, 2.05) is 0 Å². The number of hydrogen-bond acceptors (Lipinski definition) is 2. The molecule has 1 N–H and O–H groups in total. The van der Waals surface area contributed by atoms with E-state index in [9.17, 15) is 0 Å². The van der Waals surface area contributed by atoms with E-state index in [4.69, 9.17) is 0 Å². The van der Waals surface area contributed by atoms with E-state index in [2.05, 4.69) is 71.4 Å². The van der Waals surface area contributed by atoms with Crippen LogP contribution in [0.25, 0.3) is 0 Å². The Labute approximate surface area is 114 Å². The van der Waals surface area contributed by atoms with Gasteiger partial charge in [-0.05, 0) is 58.6 Å². The van der Waals surface area contributed by atoms with Crippen LogP contribution in [0.4, 0.5) is 0 Å². The van der Waals surface area contributed by atoms with Gasteiger partial charge in [-0.3, -0.25) is 0 Å². The van der Waals surface area contributed by atoms with Crippen LogP contribution in [-0.4, -0.2) is 32.1 Å². The second kappa shape index (κ2) is 7.85. The molecule has 0 aliphatic carbocycles. The summed E-state index contributed by atoms with van der Waals surface area (Å²) < 4.78 is 1.19. The first-order valence-corrected chi connectivity index (χ1v) is 7.03. The van der Waals surface area contributed by atoms with Crippen LogP contribution < -0.4 is 5.32 Å². The zero-order chi connectivity index (χ0) is 12.7. The SMILES string of the molecule is CC(NCCCCN(C)C)c1ccccc1Br. The fourth-order valence-electron chi connectivity index (χ4n) is 1.81. The van der Waals surface area contributed by atoms with Gasteiger partial charge in [0, 0.05) is 10.5 Å². The van der Waals surface area contributed by atoms with Crippen LogP contribution in [0.2, 0.25) is 0 Å². The van der Waals surface area contributed by atoms with E-state index in [1.165, 1.54) is 29.4 Å². The van der Waals surface area contributed by atoms with Crippen LogP contribution in [0.1, 0.15) is 31.4 Å². The van der Waals surface area contributed by atoms with Crippen molar-refractivity contribution in [3.05, 3.63) is 34.3 Å². The fourth-order valence-corrected chi connectivity index (χ4v) is 2.44. The molecule has 96 valence electrons. The zero-order valence-electron chi connectivity index (χ0n) is 11.0. The zero-order valence-corrected chi connectivity index (χ0v) is 12.6. The summed E-state index contributed by atoms with van der Waals surface area (Å²) in [7, 11) is 4.24. The minimum atomic E-state index is 0.407. The predicted octanol–water partition coefficient (Wildman–Crippen LogP) is 3.44. The molecule has 0 radical (unpaired) electrons. The number of nitrogens with zero attached hydrogens (tertiary/aromatic N) is 1. The maximum absolute atomic E-state index is 3.59. The molecule has 2 nitrogen and oxygen atoms in total. The van der Waals surface area contributed by atoms with Gasteiger partial charge in [-0.1, -0.05) is 34.1 Å². The van der Waals surface area contributed by atoms with Crippen LogP contribution in [0.5, 0.6) is 0 Å². The Balaban J connectivity index is 2.26. The summed E-state index contributed by atoms with van der Waals surface area (Å²) in [4.78, 5) is 2.23. The summed E-state index contributed by atoms with van der Waals surface area (Å²) in [6, 6.07) is 8.81. The van der Waals surface area contributed by atoms with Crippen molar-refractivity contribution in [2.24, 2.45) is 0 Å². The first-order valence-electron chi connectivity index (χ1n) is 6.24. The molecule has 1 aromatic rings. The van der Waals surface area contributed by atoms with Crippen LogP contribution in [0.3, 0.4) is 0 Å². The highest BCUT2D eigenvalue weighted by molar-refractivity contribution is 9.10. The van der Waals surface area contributed by atoms with Gasteiger partial charge in [0.05, 0.1) is 0 Å². The van der Waals surface area contributed by atoms with Gasteiger partial charge in [0.15, 0.2) is 0 Å². The van der Waals surface area contributed by atoms with Crippen molar-refractivity contribution in [1.29, 1.82) is 0 Å². The Hall–Kier alpha value is -0.380. The van der Waals surface area contributed by atoms with E-state index in [0.29, 0.717) is 6.04 Å². The third-order valence-corrected chi connectivity index (χ3v) is 3.58. The number of benzene rings is 1. The van der Waals surface area contributed by atoms with Gasteiger partial charge in [-0.15, -0.1) is 0 Å². The van der Waals surface area contributed by atoms with E-state index < -0.39 is 0 Å². The number of rotatable bonds is 7. The topological polar surface area (TPSA) is 15.3 Å². The lowest BCUT2D eigenvalue weighted by atomic mass is 10.1. The number of unbranched alkanes of at least 4 members (excludes halogenated alkanes) is 1. The lowest BCUT2D eigenvalue weighted by molar-refractivity contribution is 0.389. The molecule has 0 saturated heterocycles. The molecular weight excluding hydrogens is 276 g/mol. The van der Waals surface area contributed by atoms with Crippen LogP contribution in [0.15, 0.2) is 28.7 Å². The highest BCUT2D eigenvalue weighted by Crippen LogP contribution is 2.22. The van der Waals surface area contributed by atoms with Gasteiger partial charge in [-0.2, -0.15) is 0 Å². The molecule has 1 unspecified atom stereocenters. The average Bonchev–Trinajstić information content (AvgIpc) is 2.28. The van der Waals surface area contributed by atoms with Crippen molar-refractivity contribution >= 4 is 15.9 Å². The number of halogens is 1. The third kappa shape index (κ3) is 5.66. The summed E-state index contributed by atoms with van der Waals surface area (Å²) >= 11 is 3.59. The minimum absolute atomic E-state index is 0.407. The summed E-state index contributed by atoms with van der Waals surface area (Å²) in [5, 5.41) is 3.56. The molecule has 1 atom stereocenters. The quantitative estimate of drug-likeness (QED) is 0.776. The largest absolute Gasteiger partial charge is 0.310 e. The van der Waals surface area contributed by atoms with Gasteiger partial charge >= 0.3 is 0 Å². The smallest absolute Gasteiger partial charge is 0.0302 e. The molecule has 1 aromatic carbocycles. The summed E-state index contributed by atoms with van der Waals surface area (Å²) in [5.41, 5.74) is 1.33. The lowest BCUT2D eigenvalue weighted by Crippen LogP contribution is -2.21. The van der Waals surface area contributed by atoms with Gasteiger partial charge in [0.2, 0.25) is 0 Å². The molecular formula is C14H23BrN2. The van der Waals surface area contributed by atoms with Crippen molar-refractivity contribution in [2.45, 2.75) is 25.8 Å². The van der Waals surface area contributed by atoms with Crippen molar-refractivity contribution in [3.63, 3.8) is 0 Å². The highest BCUT2D eigenvalue weighted by atomic mass is 79.9. The molecule has 17 heavy (non-hydrogen) atoms. The molecule has 0 fully saturated rings. The normalized spacial score (nSPS) is 13.0. The first kappa shape index (κ1) is 14.7. The van der Waals surface area contributed by atoms with E-state index >= 15 is 0 Å². The summed E-state index contributed by atoms with van der Waals surface area (Å²) in [6.45, 7) is 4.47. The van der Waals surface area contributed by atoms with Crippen LogP contribution in [-0.2, 0) is 0 Å². The third-order valence-electron chi connectivity index (χ3n) is 2.85. The standard InChI is InChI=1S/C14H23BrN2/c1-12(13-8-4-5-9-14(13)15)16-10-6-7-11-17(2)3/h4-5,8-9,12,16H,6-7,10-11H2,1-3H3. The molecule has 1 rings (SSSR count). The molecule has 0 heterocycles. The summed E-state index contributed by atoms with van der Waals surface area (Å²) in [6.07, 6.45) is 2.48. The molecule has 0 aromatic heterocycles. The second-order valence-electron chi connectivity index (χ2n) is 4.71. The molecule has 0 spiro atoms. The molecule has 3 heteroatoms. The van der Waals surface area contributed by atoms with Crippen molar-refractivity contribution in [3.8, 4) is 0 Å². The minimum Gasteiger partial charge on any atom is -0.310 e. The molecule has 0 aliphatic heterocycles. The Kier molecular flexibility index (Phi) is 6.78. The van der Waals surface area contributed by atoms with E-state index in [-0.39, 0.29) is 0 Å². The maximum atomic E-state index is 3.59. The highest BCUT2D eigenvalue weighted by Gasteiger charge is 2.07. The van der Waals surface area contributed by atoms with Gasteiger partial charge in [-0.25, -0.2) is 0 Å².